The Hall–Kier alpha value is -2.28. The van der Waals surface area contributed by atoms with E-state index in [2.05, 4.69) is 20.6 Å². The molecule has 0 atom stereocenters. The van der Waals surface area contributed by atoms with Crippen LogP contribution in [0.4, 0.5) is 5.13 Å². The zero-order chi connectivity index (χ0) is 15.0. The van der Waals surface area contributed by atoms with E-state index < -0.39 is 5.41 Å². The normalized spacial score (nSPS) is 11.8. The van der Waals surface area contributed by atoms with Crippen molar-refractivity contribution in [3.8, 4) is 11.4 Å². The van der Waals surface area contributed by atoms with Gasteiger partial charge in [-0.25, -0.2) is 0 Å². The van der Waals surface area contributed by atoms with Crippen LogP contribution in [0.2, 0.25) is 0 Å². The number of amides is 1. The molecule has 7 heteroatoms. The molecule has 0 saturated heterocycles. The Morgan fingerprint density at radius 1 is 1.19 bits per heavy atom. The molecule has 0 aliphatic rings. The summed E-state index contributed by atoms with van der Waals surface area (Å²) in [5.41, 5.74) is 0.470. The zero-order valence-electron chi connectivity index (χ0n) is 12.0. The Morgan fingerprint density at radius 2 is 1.90 bits per heavy atom. The van der Waals surface area contributed by atoms with Gasteiger partial charge >= 0.3 is 0 Å². The molecule has 0 fully saturated rings. The maximum atomic E-state index is 12.0. The van der Waals surface area contributed by atoms with Crippen LogP contribution < -0.4 is 5.32 Å². The van der Waals surface area contributed by atoms with E-state index in [1.807, 2.05) is 51.1 Å². The first kappa shape index (κ1) is 13.7. The van der Waals surface area contributed by atoms with Crippen LogP contribution in [0.15, 0.2) is 30.3 Å². The zero-order valence-corrected chi connectivity index (χ0v) is 12.8. The number of nitrogens with zero attached hydrogens (tertiary/aromatic N) is 4. The third-order valence-corrected chi connectivity index (χ3v) is 3.74. The Kier molecular flexibility index (Phi) is 3.21. The maximum absolute atomic E-state index is 12.0. The lowest BCUT2D eigenvalue weighted by Gasteiger charge is -2.15. The quantitative estimate of drug-likeness (QED) is 0.790. The molecular weight excluding hydrogens is 286 g/mol. The molecule has 2 aromatic heterocycles. The number of anilines is 1. The van der Waals surface area contributed by atoms with Gasteiger partial charge in [-0.2, -0.15) is 4.52 Å². The van der Waals surface area contributed by atoms with Gasteiger partial charge in [-0.15, -0.1) is 15.3 Å². The standard InChI is InChI=1S/C14H15N5OS/c1-14(2,3)11(20)15-12-18-19-10(16-17-13(19)21-12)9-7-5-4-6-8-9/h4-8H,1-3H3,(H,15,18,20). The van der Waals surface area contributed by atoms with E-state index in [1.165, 1.54) is 11.3 Å². The number of nitrogens with one attached hydrogen (secondary N) is 1. The summed E-state index contributed by atoms with van der Waals surface area (Å²) in [4.78, 5) is 12.6. The molecule has 3 aromatic rings. The van der Waals surface area contributed by atoms with E-state index in [4.69, 9.17) is 0 Å². The van der Waals surface area contributed by atoms with Crippen LogP contribution in [0.5, 0.6) is 0 Å². The molecule has 0 bridgehead atoms. The van der Waals surface area contributed by atoms with Gasteiger partial charge in [-0.1, -0.05) is 62.4 Å². The van der Waals surface area contributed by atoms with Gasteiger partial charge in [0.25, 0.3) is 0 Å². The van der Waals surface area contributed by atoms with Crippen LogP contribution in [0, 0.1) is 5.41 Å². The van der Waals surface area contributed by atoms with Crippen LogP contribution >= 0.6 is 11.3 Å². The van der Waals surface area contributed by atoms with Crippen molar-refractivity contribution in [2.24, 2.45) is 5.41 Å². The monoisotopic (exact) mass is 301 g/mol. The van der Waals surface area contributed by atoms with Crippen molar-refractivity contribution in [1.82, 2.24) is 19.8 Å². The summed E-state index contributed by atoms with van der Waals surface area (Å²) in [7, 11) is 0. The molecule has 3 rings (SSSR count). The second-order valence-electron chi connectivity index (χ2n) is 5.70. The predicted octanol–water partition coefficient (Wildman–Crippen LogP) is 2.84. The van der Waals surface area contributed by atoms with Gasteiger partial charge in [-0.3, -0.25) is 4.79 Å². The molecule has 0 radical (unpaired) electrons. The summed E-state index contributed by atoms with van der Waals surface area (Å²) in [5.74, 6) is 0.590. The molecular formula is C14H15N5OS. The van der Waals surface area contributed by atoms with Crippen LogP contribution in [-0.2, 0) is 4.79 Å². The average Bonchev–Trinajstić information content (AvgIpc) is 2.98. The van der Waals surface area contributed by atoms with Crippen molar-refractivity contribution in [2.75, 3.05) is 5.32 Å². The highest BCUT2D eigenvalue weighted by Gasteiger charge is 2.23. The average molecular weight is 301 g/mol. The first-order valence-corrected chi connectivity index (χ1v) is 7.36. The molecule has 0 aliphatic heterocycles. The Labute approximate surface area is 125 Å². The SMILES string of the molecule is CC(C)(C)C(=O)Nc1nn2c(-c3ccccc3)nnc2s1. The molecule has 1 aromatic carbocycles. The first-order chi connectivity index (χ1) is 9.95. The summed E-state index contributed by atoms with van der Waals surface area (Å²) in [6.45, 7) is 5.58. The minimum absolute atomic E-state index is 0.0753. The fourth-order valence-corrected chi connectivity index (χ4v) is 2.45. The largest absolute Gasteiger partial charge is 0.300 e. The summed E-state index contributed by atoms with van der Waals surface area (Å²) in [6, 6.07) is 9.71. The van der Waals surface area contributed by atoms with Gasteiger partial charge in [0.05, 0.1) is 0 Å². The van der Waals surface area contributed by atoms with E-state index in [-0.39, 0.29) is 5.91 Å². The fraction of sp³-hybridized carbons (Fsp3) is 0.286. The second-order valence-corrected chi connectivity index (χ2v) is 6.65. The Morgan fingerprint density at radius 3 is 2.57 bits per heavy atom. The summed E-state index contributed by atoms with van der Waals surface area (Å²) in [5, 5.41) is 16.0. The molecule has 0 spiro atoms. The number of hydrogen-bond donors (Lipinski definition) is 1. The van der Waals surface area contributed by atoms with Crippen molar-refractivity contribution >= 4 is 27.3 Å². The molecule has 0 aliphatic carbocycles. The van der Waals surface area contributed by atoms with Crippen LogP contribution in [-0.4, -0.2) is 25.7 Å². The minimum Gasteiger partial charge on any atom is -0.300 e. The van der Waals surface area contributed by atoms with Gasteiger partial charge in [0.15, 0.2) is 5.82 Å². The number of carbonyl (C=O) groups excluding carboxylic acids is 1. The topological polar surface area (TPSA) is 72.2 Å². The molecule has 0 saturated carbocycles. The number of carbonyl (C=O) groups is 1. The fourth-order valence-electron chi connectivity index (χ4n) is 1.72. The Balaban J connectivity index is 1.95. The van der Waals surface area contributed by atoms with E-state index in [0.717, 1.165) is 5.56 Å². The molecule has 6 nitrogen and oxygen atoms in total. The highest BCUT2D eigenvalue weighted by atomic mass is 32.1. The van der Waals surface area contributed by atoms with Gasteiger partial charge in [0, 0.05) is 11.0 Å². The highest BCUT2D eigenvalue weighted by molar-refractivity contribution is 7.20. The third kappa shape index (κ3) is 2.64. The van der Waals surface area contributed by atoms with Crippen molar-refractivity contribution in [3.63, 3.8) is 0 Å². The minimum atomic E-state index is -0.464. The third-order valence-electron chi connectivity index (χ3n) is 2.92. The Bertz CT molecular complexity index is 785. The van der Waals surface area contributed by atoms with Crippen LogP contribution in [0.1, 0.15) is 20.8 Å². The summed E-state index contributed by atoms with van der Waals surface area (Å²) < 4.78 is 1.65. The summed E-state index contributed by atoms with van der Waals surface area (Å²) in [6.07, 6.45) is 0. The number of benzene rings is 1. The summed E-state index contributed by atoms with van der Waals surface area (Å²) >= 11 is 1.30. The number of hydrogen-bond acceptors (Lipinski definition) is 5. The lowest BCUT2D eigenvalue weighted by molar-refractivity contribution is -0.123. The van der Waals surface area contributed by atoms with Crippen molar-refractivity contribution in [3.05, 3.63) is 30.3 Å². The number of aromatic nitrogens is 4. The molecule has 0 unspecified atom stereocenters. The second kappa shape index (κ2) is 4.92. The molecule has 21 heavy (non-hydrogen) atoms. The number of rotatable bonds is 2. The van der Waals surface area contributed by atoms with Crippen LogP contribution in [0.3, 0.4) is 0 Å². The van der Waals surface area contributed by atoms with Crippen molar-refractivity contribution in [1.29, 1.82) is 0 Å². The molecule has 108 valence electrons. The first-order valence-electron chi connectivity index (χ1n) is 6.54. The van der Waals surface area contributed by atoms with Crippen LogP contribution in [0.25, 0.3) is 16.3 Å². The smallest absolute Gasteiger partial charge is 0.236 e. The van der Waals surface area contributed by atoms with Gasteiger partial charge in [0.1, 0.15) is 0 Å². The van der Waals surface area contributed by atoms with Crippen molar-refractivity contribution < 1.29 is 4.79 Å². The highest BCUT2D eigenvalue weighted by Crippen LogP contribution is 2.25. The molecule has 1 amide bonds. The van der Waals surface area contributed by atoms with Crippen molar-refractivity contribution in [2.45, 2.75) is 20.8 Å². The van der Waals surface area contributed by atoms with E-state index in [1.54, 1.807) is 4.52 Å². The van der Waals surface area contributed by atoms with E-state index in [0.29, 0.717) is 15.9 Å². The van der Waals surface area contributed by atoms with Gasteiger partial charge in [0.2, 0.25) is 16.0 Å². The lowest BCUT2D eigenvalue weighted by Crippen LogP contribution is -2.27. The molecule has 1 N–H and O–H groups in total. The lowest BCUT2D eigenvalue weighted by atomic mass is 9.96. The van der Waals surface area contributed by atoms with E-state index in [9.17, 15) is 4.79 Å². The maximum Gasteiger partial charge on any atom is 0.236 e. The van der Waals surface area contributed by atoms with Gasteiger partial charge in [-0.05, 0) is 0 Å². The number of fused-ring (bicyclic) bond motifs is 1. The van der Waals surface area contributed by atoms with Gasteiger partial charge < -0.3 is 5.32 Å². The van der Waals surface area contributed by atoms with E-state index >= 15 is 0 Å². The molecule has 2 heterocycles. The predicted molar refractivity (Wildman–Crippen MR) is 82.2 cm³/mol.